The van der Waals surface area contributed by atoms with Crippen LogP contribution < -0.4 is 4.74 Å². The van der Waals surface area contributed by atoms with E-state index in [9.17, 15) is 0 Å². The van der Waals surface area contributed by atoms with Crippen LogP contribution >= 0.6 is 15.9 Å². The van der Waals surface area contributed by atoms with Crippen molar-refractivity contribution in [2.24, 2.45) is 0 Å². The maximum absolute atomic E-state index is 6.00. The Kier molecular flexibility index (Phi) is 4.07. The van der Waals surface area contributed by atoms with E-state index in [1.807, 2.05) is 18.2 Å². The zero-order valence-electron chi connectivity index (χ0n) is 10.9. The number of hydrogen-bond acceptors (Lipinski definition) is 1. The fraction of sp³-hybridized carbons (Fsp3) is 0.250. The molecule has 0 spiro atoms. The highest BCUT2D eigenvalue weighted by molar-refractivity contribution is 9.10. The van der Waals surface area contributed by atoms with Gasteiger partial charge in [0.2, 0.25) is 0 Å². The molecular weight excluding hydrogens is 288 g/mol. The lowest BCUT2D eigenvalue weighted by molar-refractivity contribution is 0.226. The van der Waals surface area contributed by atoms with Gasteiger partial charge < -0.3 is 4.74 Å². The lowest BCUT2D eigenvalue weighted by Gasteiger charge is -2.16. The maximum atomic E-state index is 6.00. The Morgan fingerprint density at radius 1 is 1.00 bits per heavy atom. The SMILES string of the molecule is Cc1cc(OC(C)c2ccccc2)cc(C)c1Br. The van der Waals surface area contributed by atoms with Gasteiger partial charge in [0.05, 0.1) is 0 Å². The van der Waals surface area contributed by atoms with E-state index >= 15 is 0 Å². The minimum absolute atomic E-state index is 0.0613. The average molecular weight is 305 g/mol. The molecule has 0 saturated heterocycles. The second-order valence-corrected chi connectivity index (χ2v) is 5.33. The number of halogens is 1. The molecule has 0 aliphatic rings. The molecule has 0 N–H and O–H groups in total. The summed E-state index contributed by atoms with van der Waals surface area (Å²) in [6, 6.07) is 14.4. The molecule has 0 bridgehead atoms. The second kappa shape index (κ2) is 5.57. The molecule has 0 radical (unpaired) electrons. The van der Waals surface area contributed by atoms with Crippen LogP contribution in [0, 0.1) is 13.8 Å². The van der Waals surface area contributed by atoms with Crippen LogP contribution in [-0.4, -0.2) is 0 Å². The van der Waals surface area contributed by atoms with Gasteiger partial charge in [-0.25, -0.2) is 0 Å². The predicted molar refractivity (Wildman–Crippen MR) is 79.1 cm³/mol. The molecule has 2 aromatic carbocycles. The first-order valence-corrected chi connectivity index (χ1v) is 6.85. The Hall–Kier alpha value is -1.28. The smallest absolute Gasteiger partial charge is 0.121 e. The molecule has 94 valence electrons. The summed E-state index contributed by atoms with van der Waals surface area (Å²) >= 11 is 3.57. The molecule has 2 heteroatoms. The third kappa shape index (κ3) is 2.94. The van der Waals surface area contributed by atoms with Crippen LogP contribution in [-0.2, 0) is 0 Å². The Bertz CT molecular complexity index is 511. The summed E-state index contributed by atoms with van der Waals surface area (Å²) in [5.41, 5.74) is 3.59. The van der Waals surface area contributed by atoms with Crippen molar-refractivity contribution >= 4 is 15.9 Å². The van der Waals surface area contributed by atoms with E-state index in [0.29, 0.717) is 0 Å². The van der Waals surface area contributed by atoms with Gasteiger partial charge in [-0.3, -0.25) is 0 Å². The van der Waals surface area contributed by atoms with E-state index in [0.717, 1.165) is 10.2 Å². The van der Waals surface area contributed by atoms with Crippen molar-refractivity contribution in [1.29, 1.82) is 0 Å². The van der Waals surface area contributed by atoms with Gasteiger partial charge in [-0.2, -0.15) is 0 Å². The van der Waals surface area contributed by atoms with E-state index in [1.54, 1.807) is 0 Å². The van der Waals surface area contributed by atoms with Crippen LogP contribution in [0.25, 0.3) is 0 Å². The molecule has 1 atom stereocenters. The Morgan fingerprint density at radius 3 is 2.11 bits per heavy atom. The molecule has 0 fully saturated rings. The van der Waals surface area contributed by atoms with E-state index in [4.69, 9.17) is 4.74 Å². The summed E-state index contributed by atoms with van der Waals surface area (Å²) in [5, 5.41) is 0. The first-order chi connectivity index (χ1) is 8.58. The molecule has 0 aliphatic heterocycles. The predicted octanol–water partition coefficient (Wildman–Crippen LogP) is 5.21. The quantitative estimate of drug-likeness (QED) is 0.756. The molecule has 0 aliphatic carbocycles. The minimum atomic E-state index is 0.0613. The monoisotopic (exact) mass is 304 g/mol. The first kappa shape index (κ1) is 13.2. The Labute approximate surface area is 117 Å². The van der Waals surface area contributed by atoms with Crippen LogP contribution in [0.3, 0.4) is 0 Å². The van der Waals surface area contributed by atoms with Crippen molar-refractivity contribution in [2.75, 3.05) is 0 Å². The first-order valence-electron chi connectivity index (χ1n) is 6.06. The van der Waals surface area contributed by atoms with Gasteiger partial charge in [0.25, 0.3) is 0 Å². The number of rotatable bonds is 3. The van der Waals surface area contributed by atoms with Crippen LogP contribution in [0.15, 0.2) is 46.9 Å². The normalized spacial score (nSPS) is 12.2. The molecule has 1 nitrogen and oxygen atoms in total. The van der Waals surface area contributed by atoms with Gasteiger partial charge in [-0.15, -0.1) is 0 Å². The van der Waals surface area contributed by atoms with Crippen LogP contribution in [0.5, 0.6) is 5.75 Å². The number of hydrogen-bond donors (Lipinski definition) is 0. The highest BCUT2D eigenvalue weighted by atomic mass is 79.9. The van der Waals surface area contributed by atoms with E-state index in [1.165, 1.54) is 16.7 Å². The summed E-state index contributed by atoms with van der Waals surface area (Å²) in [6.07, 6.45) is 0.0613. The fourth-order valence-corrected chi connectivity index (χ4v) is 2.20. The summed E-state index contributed by atoms with van der Waals surface area (Å²) in [7, 11) is 0. The molecule has 1 unspecified atom stereocenters. The van der Waals surface area contributed by atoms with Crippen molar-refractivity contribution < 1.29 is 4.74 Å². The van der Waals surface area contributed by atoms with Crippen molar-refractivity contribution in [3.05, 3.63) is 63.6 Å². The van der Waals surface area contributed by atoms with Crippen molar-refractivity contribution in [2.45, 2.75) is 26.9 Å². The molecule has 2 aromatic rings. The summed E-state index contributed by atoms with van der Waals surface area (Å²) in [5.74, 6) is 0.921. The largest absolute Gasteiger partial charge is 0.486 e. The van der Waals surface area contributed by atoms with Gasteiger partial charge in [0.1, 0.15) is 11.9 Å². The highest BCUT2D eigenvalue weighted by Crippen LogP contribution is 2.29. The van der Waals surface area contributed by atoms with Gasteiger partial charge in [-0.05, 0) is 49.6 Å². The average Bonchev–Trinajstić information content (AvgIpc) is 2.37. The summed E-state index contributed by atoms with van der Waals surface area (Å²) in [6.45, 7) is 6.23. The van der Waals surface area contributed by atoms with Crippen molar-refractivity contribution in [3.8, 4) is 5.75 Å². The summed E-state index contributed by atoms with van der Waals surface area (Å²) in [4.78, 5) is 0. The maximum Gasteiger partial charge on any atom is 0.121 e. The Balaban J connectivity index is 2.20. The van der Waals surface area contributed by atoms with Crippen LogP contribution in [0.1, 0.15) is 29.7 Å². The third-order valence-electron chi connectivity index (χ3n) is 2.99. The molecule has 0 aromatic heterocycles. The zero-order valence-corrected chi connectivity index (χ0v) is 12.5. The third-order valence-corrected chi connectivity index (χ3v) is 4.24. The van der Waals surface area contributed by atoms with E-state index in [-0.39, 0.29) is 6.10 Å². The molecular formula is C16H17BrO. The van der Waals surface area contributed by atoms with Gasteiger partial charge in [0, 0.05) is 4.47 Å². The summed E-state index contributed by atoms with van der Waals surface area (Å²) < 4.78 is 7.15. The number of ether oxygens (including phenoxy) is 1. The number of aryl methyl sites for hydroxylation is 2. The molecule has 18 heavy (non-hydrogen) atoms. The topological polar surface area (TPSA) is 9.23 Å². The van der Waals surface area contributed by atoms with Crippen LogP contribution in [0.4, 0.5) is 0 Å². The van der Waals surface area contributed by atoms with E-state index < -0.39 is 0 Å². The Morgan fingerprint density at radius 2 is 1.56 bits per heavy atom. The second-order valence-electron chi connectivity index (χ2n) is 4.54. The molecule has 0 heterocycles. The molecule has 0 amide bonds. The molecule has 2 rings (SSSR count). The van der Waals surface area contributed by atoms with Crippen molar-refractivity contribution in [1.82, 2.24) is 0 Å². The van der Waals surface area contributed by atoms with Gasteiger partial charge in [-0.1, -0.05) is 46.3 Å². The standard InChI is InChI=1S/C16H17BrO/c1-11-9-15(10-12(2)16(11)17)18-13(3)14-7-5-4-6-8-14/h4-10,13H,1-3H3. The van der Waals surface area contributed by atoms with Gasteiger partial charge >= 0.3 is 0 Å². The number of benzene rings is 2. The molecule has 0 saturated carbocycles. The lowest BCUT2D eigenvalue weighted by Crippen LogP contribution is -2.03. The van der Waals surface area contributed by atoms with Crippen molar-refractivity contribution in [3.63, 3.8) is 0 Å². The lowest BCUT2D eigenvalue weighted by atomic mass is 10.1. The fourth-order valence-electron chi connectivity index (χ4n) is 1.97. The highest BCUT2D eigenvalue weighted by Gasteiger charge is 2.08. The minimum Gasteiger partial charge on any atom is -0.486 e. The van der Waals surface area contributed by atoms with Crippen LogP contribution in [0.2, 0.25) is 0 Å². The zero-order chi connectivity index (χ0) is 13.1. The van der Waals surface area contributed by atoms with E-state index in [2.05, 4.69) is 61.0 Å². The van der Waals surface area contributed by atoms with Gasteiger partial charge in [0.15, 0.2) is 0 Å².